The van der Waals surface area contributed by atoms with Gasteiger partial charge in [-0.15, -0.1) is 10.2 Å². The molecule has 0 saturated carbocycles. The molecule has 2 heterocycles. The zero-order chi connectivity index (χ0) is 29.5. The molecule has 0 aliphatic carbocycles. The molecular weight excluding hydrogens is 570 g/mol. The van der Waals surface area contributed by atoms with Crippen LogP contribution in [0.25, 0.3) is 11.4 Å². The van der Waals surface area contributed by atoms with Crippen molar-refractivity contribution < 1.29 is 17.2 Å². The molecule has 1 fully saturated rings. The number of rotatable bonds is 8. The van der Waals surface area contributed by atoms with Crippen molar-refractivity contribution in [3.05, 3.63) is 99.8 Å². The lowest BCUT2D eigenvalue weighted by atomic mass is 9.76. The lowest BCUT2D eigenvalue weighted by Gasteiger charge is -2.50. The first kappa shape index (κ1) is 28.8. The second-order valence-corrected chi connectivity index (χ2v) is 13.3. The molecule has 0 amide bonds. The molecule has 1 aliphatic rings. The van der Waals surface area contributed by atoms with Crippen LogP contribution in [0.5, 0.6) is 0 Å². The maximum Gasteiger partial charge on any atom is 0.214 e. The Morgan fingerprint density at radius 2 is 1.78 bits per heavy atom. The van der Waals surface area contributed by atoms with E-state index in [1.54, 1.807) is 37.4 Å². The number of tetrazole rings is 1. The molecule has 0 N–H and O–H groups in total. The number of benzene rings is 3. The Labute approximate surface area is 242 Å². The SMILES string of the molecule is Cn1nnc(-c2cc(F)cc(C(C3CN(C(c4ccc(Cl)cc4)c4cccc(C#N)c4)C3)C(C)(F)S(C)(=O)=O)c2)n1. The van der Waals surface area contributed by atoms with Gasteiger partial charge in [0.1, 0.15) is 5.82 Å². The molecule has 8 nitrogen and oxygen atoms in total. The van der Waals surface area contributed by atoms with Crippen molar-refractivity contribution in [1.82, 2.24) is 25.1 Å². The number of hydrogen-bond donors (Lipinski definition) is 0. The van der Waals surface area contributed by atoms with Gasteiger partial charge in [0.15, 0.2) is 9.84 Å². The highest BCUT2D eigenvalue weighted by atomic mass is 35.5. The highest BCUT2D eigenvalue weighted by Crippen LogP contribution is 2.48. The van der Waals surface area contributed by atoms with Crippen molar-refractivity contribution in [1.29, 1.82) is 5.26 Å². The fourth-order valence-electron chi connectivity index (χ4n) is 5.55. The third-order valence-corrected chi connectivity index (χ3v) is 9.57. The van der Waals surface area contributed by atoms with E-state index in [0.29, 0.717) is 23.7 Å². The van der Waals surface area contributed by atoms with Gasteiger partial charge in [0.25, 0.3) is 0 Å². The molecule has 0 radical (unpaired) electrons. The summed E-state index contributed by atoms with van der Waals surface area (Å²) in [5, 5.41) is 19.2. The Morgan fingerprint density at radius 1 is 1.07 bits per heavy atom. The first-order valence-corrected chi connectivity index (χ1v) is 15.1. The fraction of sp³-hybridized carbons (Fsp3) is 0.310. The Bertz CT molecular complexity index is 1730. The standard InChI is InChI=1S/C29H27ClF2N6O2S/c1-29(32,41(3,39)40)26(21-12-22(14-25(31)13-21)28-34-36-37(2)35-28)23-16-38(17-23)27(19-7-9-24(30)10-8-19)20-6-4-5-18(11-20)15-33/h4-14,23,26-27H,16-17H2,1-3H3. The molecule has 12 heteroatoms. The number of nitrogens with zero attached hydrogens (tertiary/aromatic N) is 6. The largest absolute Gasteiger partial charge is 0.292 e. The van der Waals surface area contributed by atoms with Crippen molar-refractivity contribution >= 4 is 21.4 Å². The average molecular weight is 597 g/mol. The lowest BCUT2D eigenvalue weighted by Crippen LogP contribution is -2.55. The summed E-state index contributed by atoms with van der Waals surface area (Å²) in [4.78, 5) is 3.30. The predicted octanol–water partition coefficient (Wildman–Crippen LogP) is 5.08. The molecule has 3 unspecified atom stereocenters. The molecule has 1 aliphatic heterocycles. The summed E-state index contributed by atoms with van der Waals surface area (Å²) in [6.45, 7) is 1.67. The topological polar surface area (TPSA) is 105 Å². The van der Waals surface area contributed by atoms with E-state index in [1.165, 1.54) is 23.0 Å². The van der Waals surface area contributed by atoms with Crippen LogP contribution in [-0.4, -0.2) is 57.9 Å². The monoisotopic (exact) mass is 596 g/mol. The van der Waals surface area contributed by atoms with Gasteiger partial charge in [-0.05, 0) is 77.2 Å². The van der Waals surface area contributed by atoms with Gasteiger partial charge < -0.3 is 0 Å². The summed E-state index contributed by atoms with van der Waals surface area (Å²) in [5.74, 6) is -2.18. The Kier molecular flexibility index (Phi) is 7.68. The number of aromatic nitrogens is 4. The Balaban J connectivity index is 1.54. The minimum absolute atomic E-state index is 0.141. The first-order chi connectivity index (χ1) is 19.4. The van der Waals surface area contributed by atoms with Crippen LogP contribution in [0.3, 0.4) is 0 Å². The van der Waals surface area contributed by atoms with Crippen LogP contribution >= 0.6 is 11.6 Å². The zero-order valence-corrected chi connectivity index (χ0v) is 24.1. The van der Waals surface area contributed by atoms with Crippen LogP contribution in [0.1, 0.15) is 41.1 Å². The molecule has 212 valence electrons. The van der Waals surface area contributed by atoms with Crippen LogP contribution in [0.15, 0.2) is 66.7 Å². The van der Waals surface area contributed by atoms with Crippen molar-refractivity contribution in [3.63, 3.8) is 0 Å². The number of sulfone groups is 1. The highest BCUT2D eigenvalue weighted by Gasteiger charge is 2.52. The van der Waals surface area contributed by atoms with Gasteiger partial charge in [0.2, 0.25) is 10.8 Å². The van der Waals surface area contributed by atoms with Crippen molar-refractivity contribution in [3.8, 4) is 17.5 Å². The predicted molar refractivity (Wildman–Crippen MR) is 151 cm³/mol. The number of halogens is 3. The Morgan fingerprint density at radius 3 is 2.39 bits per heavy atom. The Hall–Kier alpha value is -3.72. The number of nitriles is 1. The number of likely N-dealkylation sites (tertiary alicyclic amines) is 1. The molecule has 3 aromatic carbocycles. The first-order valence-electron chi connectivity index (χ1n) is 12.8. The van der Waals surface area contributed by atoms with E-state index in [1.807, 2.05) is 18.2 Å². The molecule has 41 heavy (non-hydrogen) atoms. The number of alkyl halides is 1. The van der Waals surface area contributed by atoms with E-state index in [-0.39, 0.29) is 23.0 Å². The molecule has 5 rings (SSSR count). The highest BCUT2D eigenvalue weighted by molar-refractivity contribution is 7.91. The molecule has 0 spiro atoms. The molecule has 1 aromatic heterocycles. The molecule has 0 bridgehead atoms. The summed E-state index contributed by atoms with van der Waals surface area (Å²) >= 11 is 6.13. The van der Waals surface area contributed by atoms with Gasteiger partial charge in [0, 0.05) is 35.8 Å². The molecule has 4 aromatic rings. The summed E-state index contributed by atoms with van der Waals surface area (Å²) in [5.41, 5.74) is 2.73. The van der Waals surface area contributed by atoms with Crippen LogP contribution in [0.4, 0.5) is 8.78 Å². The molecule has 3 atom stereocenters. The second-order valence-electron chi connectivity index (χ2n) is 10.5. The van der Waals surface area contributed by atoms with Gasteiger partial charge in [-0.1, -0.05) is 35.9 Å². The van der Waals surface area contributed by atoms with Crippen molar-refractivity contribution in [2.45, 2.75) is 23.9 Å². The zero-order valence-electron chi connectivity index (χ0n) is 22.5. The molecular formula is C29H27ClF2N6O2S. The normalized spacial score (nSPS) is 17.3. The van der Waals surface area contributed by atoms with Crippen LogP contribution in [0.2, 0.25) is 5.02 Å². The minimum atomic E-state index is -4.22. The van der Waals surface area contributed by atoms with Crippen molar-refractivity contribution in [2.24, 2.45) is 13.0 Å². The lowest BCUT2D eigenvalue weighted by molar-refractivity contribution is 0.0248. The second kappa shape index (κ2) is 10.9. The van der Waals surface area contributed by atoms with Crippen LogP contribution < -0.4 is 0 Å². The van der Waals surface area contributed by atoms with E-state index in [4.69, 9.17) is 11.6 Å². The van der Waals surface area contributed by atoms with Gasteiger partial charge >= 0.3 is 0 Å². The summed E-state index contributed by atoms with van der Waals surface area (Å²) in [7, 11) is -2.66. The maximum absolute atomic E-state index is 16.4. The van der Waals surface area contributed by atoms with Gasteiger partial charge in [-0.2, -0.15) is 10.1 Å². The third-order valence-electron chi connectivity index (χ3n) is 7.62. The van der Waals surface area contributed by atoms with Crippen molar-refractivity contribution in [2.75, 3.05) is 19.3 Å². The molecule has 1 saturated heterocycles. The fourth-order valence-corrected chi connectivity index (χ4v) is 6.47. The summed E-state index contributed by atoms with van der Waals surface area (Å²) < 4.78 is 56.8. The van der Waals surface area contributed by atoms with Gasteiger partial charge in [-0.3, -0.25) is 4.90 Å². The summed E-state index contributed by atoms with van der Waals surface area (Å²) in [6, 6.07) is 20.3. The van der Waals surface area contributed by atoms with E-state index in [0.717, 1.165) is 24.3 Å². The quantitative estimate of drug-likeness (QED) is 0.279. The van der Waals surface area contributed by atoms with Gasteiger partial charge in [0.05, 0.1) is 24.7 Å². The van der Waals surface area contributed by atoms with Crippen LogP contribution in [-0.2, 0) is 16.9 Å². The van der Waals surface area contributed by atoms with E-state index in [2.05, 4.69) is 26.4 Å². The van der Waals surface area contributed by atoms with E-state index in [9.17, 15) is 18.1 Å². The maximum atomic E-state index is 16.4. The van der Waals surface area contributed by atoms with E-state index >= 15 is 4.39 Å². The smallest absolute Gasteiger partial charge is 0.214 e. The number of aryl methyl sites for hydroxylation is 1. The minimum Gasteiger partial charge on any atom is -0.292 e. The average Bonchev–Trinajstić information content (AvgIpc) is 3.33. The van der Waals surface area contributed by atoms with E-state index < -0.39 is 32.5 Å². The van der Waals surface area contributed by atoms with Gasteiger partial charge in [-0.25, -0.2) is 17.2 Å². The third kappa shape index (κ3) is 5.73. The summed E-state index contributed by atoms with van der Waals surface area (Å²) in [6.07, 6.45) is 0.852. The van der Waals surface area contributed by atoms with Crippen LogP contribution in [0, 0.1) is 23.1 Å². The number of hydrogen-bond acceptors (Lipinski definition) is 7.